The van der Waals surface area contributed by atoms with Crippen LogP contribution in [0.25, 0.3) is 0 Å². The zero-order valence-electron chi connectivity index (χ0n) is 29.6. The lowest BCUT2D eigenvalue weighted by molar-refractivity contribution is 0.0274. The van der Waals surface area contributed by atoms with Crippen LogP contribution in [0.4, 0.5) is 15.3 Å². The molecule has 49 heavy (non-hydrogen) atoms. The van der Waals surface area contributed by atoms with E-state index in [0.717, 1.165) is 36.1 Å². The molecule has 2 N–H and O–H groups in total. The number of rotatable bonds is 13. The molecule has 2 fully saturated rings. The van der Waals surface area contributed by atoms with Gasteiger partial charge in [-0.15, -0.1) is 0 Å². The number of anilines is 1. The molecule has 12 heteroatoms. The third-order valence-electron chi connectivity index (χ3n) is 8.75. The Balaban J connectivity index is 1.65. The predicted octanol–water partition coefficient (Wildman–Crippen LogP) is 6.57. The quantitative estimate of drug-likeness (QED) is 0.225. The molecular formula is C37H53ClN4O7. The molecule has 1 unspecified atom stereocenters. The van der Waals surface area contributed by atoms with E-state index in [2.05, 4.69) is 15.5 Å². The van der Waals surface area contributed by atoms with Crippen molar-refractivity contribution >= 4 is 35.4 Å². The minimum Gasteiger partial charge on any atom is -0.453 e. The molecule has 1 heterocycles. The first-order valence-corrected chi connectivity index (χ1v) is 17.7. The molecule has 0 aromatic heterocycles. The Kier molecular flexibility index (Phi) is 14.4. The van der Waals surface area contributed by atoms with Crippen molar-refractivity contribution in [3.8, 4) is 0 Å². The Morgan fingerprint density at radius 3 is 2.45 bits per heavy atom. The zero-order valence-corrected chi connectivity index (χ0v) is 30.4. The van der Waals surface area contributed by atoms with E-state index in [9.17, 15) is 14.4 Å². The minimum atomic E-state index is -0.624. The standard InChI is InChI=1S/C37H53ClN4O7/c1-37(2,3)49-36(45)41(4)25-31(20-26-10-7-6-8-11-26)40-34(43)29-21-28(23-32(24-29)42-15-18-47-19-16-42)33(27-12-9-13-30(38)22-27)48-17-14-39-35(44)46-5/h9,12-13,21-24,26,31,33H,6-8,10-11,14-20,25H2,1-5H3,(H,39,44)(H,40,43)/t31-,33?/m0/s1. The highest BCUT2D eigenvalue weighted by Crippen LogP contribution is 2.33. The molecule has 2 atom stereocenters. The Bertz CT molecular complexity index is 1390. The van der Waals surface area contributed by atoms with Crippen molar-refractivity contribution in [1.82, 2.24) is 15.5 Å². The van der Waals surface area contributed by atoms with E-state index in [4.69, 9.17) is 30.5 Å². The molecule has 0 radical (unpaired) electrons. The molecule has 2 aromatic rings. The van der Waals surface area contributed by atoms with Crippen LogP contribution in [0.1, 0.15) is 86.9 Å². The van der Waals surface area contributed by atoms with E-state index in [-0.39, 0.29) is 25.1 Å². The van der Waals surface area contributed by atoms with Crippen molar-refractivity contribution in [2.45, 2.75) is 77.0 Å². The Morgan fingerprint density at radius 1 is 1.04 bits per heavy atom. The van der Waals surface area contributed by atoms with Gasteiger partial charge in [0.2, 0.25) is 0 Å². The molecule has 11 nitrogen and oxygen atoms in total. The van der Waals surface area contributed by atoms with Crippen LogP contribution in [0, 0.1) is 5.92 Å². The summed E-state index contributed by atoms with van der Waals surface area (Å²) >= 11 is 6.42. The van der Waals surface area contributed by atoms with Crippen LogP contribution in [0.5, 0.6) is 0 Å². The van der Waals surface area contributed by atoms with Gasteiger partial charge in [0.25, 0.3) is 5.91 Å². The number of hydrogen-bond acceptors (Lipinski definition) is 8. The van der Waals surface area contributed by atoms with Gasteiger partial charge in [-0.2, -0.15) is 0 Å². The fourth-order valence-electron chi connectivity index (χ4n) is 6.40. The number of morpholine rings is 1. The number of hydrogen-bond donors (Lipinski definition) is 2. The first-order chi connectivity index (χ1) is 23.4. The van der Waals surface area contributed by atoms with Gasteiger partial charge in [-0.05, 0) is 74.6 Å². The fraction of sp³-hybridized carbons (Fsp3) is 0.595. The van der Waals surface area contributed by atoms with E-state index in [1.54, 1.807) is 18.0 Å². The van der Waals surface area contributed by atoms with Crippen LogP contribution in [-0.2, 0) is 18.9 Å². The number of carbonyl (C=O) groups is 3. The largest absolute Gasteiger partial charge is 0.453 e. The molecule has 3 amide bonds. The highest BCUT2D eigenvalue weighted by molar-refractivity contribution is 6.30. The molecule has 1 aliphatic carbocycles. The monoisotopic (exact) mass is 700 g/mol. The number of benzene rings is 2. The number of nitrogens with one attached hydrogen (secondary N) is 2. The molecule has 2 aromatic carbocycles. The summed E-state index contributed by atoms with van der Waals surface area (Å²) in [5.74, 6) is 0.243. The van der Waals surface area contributed by atoms with Gasteiger partial charge in [0, 0.05) is 55.5 Å². The normalized spacial score (nSPS) is 16.7. The summed E-state index contributed by atoms with van der Waals surface area (Å²) in [5.41, 5.74) is 2.31. The maximum absolute atomic E-state index is 14.2. The Hall–Kier alpha value is -3.54. The van der Waals surface area contributed by atoms with Gasteiger partial charge in [0.05, 0.1) is 26.9 Å². The first-order valence-electron chi connectivity index (χ1n) is 17.3. The van der Waals surface area contributed by atoms with Crippen LogP contribution in [0.15, 0.2) is 42.5 Å². The van der Waals surface area contributed by atoms with Crippen molar-refractivity contribution in [3.63, 3.8) is 0 Å². The number of halogens is 1. The SMILES string of the molecule is COC(=O)NCCOC(c1cccc(Cl)c1)c1cc(C(=O)N[C@@H](CC2CCCCC2)CN(C)C(=O)OC(C)(C)C)cc(N2CCOCC2)c1. The van der Waals surface area contributed by atoms with Crippen molar-refractivity contribution in [1.29, 1.82) is 0 Å². The number of amides is 3. The van der Waals surface area contributed by atoms with E-state index < -0.39 is 23.9 Å². The minimum absolute atomic E-state index is 0.191. The number of nitrogens with zero attached hydrogens (tertiary/aromatic N) is 2. The van der Waals surface area contributed by atoms with Gasteiger partial charge in [0.1, 0.15) is 11.7 Å². The molecule has 1 saturated carbocycles. The predicted molar refractivity (Wildman–Crippen MR) is 190 cm³/mol. The van der Waals surface area contributed by atoms with Crippen molar-refractivity contribution in [2.24, 2.45) is 5.92 Å². The summed E-state index contributed by atoms with van der Waals surface area (Å²) in [6.45, 7) is 8.81. The summed E-state index contributed by atoms with van der Waals surface area (Å²) in [5, 5.41) is 6.50. The van der Waals surface area contributed by atoms with E-state index in [1.165, 1.54) is 26.4 Å². The average molecular weight is 701 g/mol. The van der Waals surface area contributed by atoms with Crippen molar-refractivity contribution in [2.75, 3.05) is 65.1 Å². The van der Waals surface area contributed by atoms with Gasteiger partial charge in [-0.1, -0.05) is 55.8 Å². The first kappa shape index (κ1) is 38.3. The number of ether oxygens (including phenoxy) is 4. The molecule has 4 rings (SSSR count). The maximum Gasteiger partial charge on any atom is 0.410 e. The molecule has 2 aliphatic rings. The third-order valence-corrected chi connectivity index (χ3v) is 8.99. The van der Waals surface area contributed by atoms with E-state index >= 15 is 0 Å². The summed E-state index contributed by atoms with van der Waals surface area (Å²) in [6.07, 6.45) is 5.04. The number of likely N-dealkylation sites (N-methyl/N-ethyl adjacent to an activating group) is 1. The van der Waals surface area contributed by atoms with Crippen LogP contribution in [-0.4, -0.2) is 94.8 Å². The summed E-state index contributed by atoms with van der Waals surface area (Å²) in [7, 11) is 3.03. The smallest absolute Gasteiger partial charge is 0.410 e. The van der Waals surface area contributed by atoms with Gasteiger partial charge >= 0.3 is 12.2 Å². The average Bonchev–Trinajstić information content (AvgIpc) is 3.08. The molecule has 1 aliphatic heterocycles. The summed E-state index contributed by atoms with van der Waals surface area (Å²) in [6, 6.07) is 13.0. The lowest BCUT2D eigenvalue weighted by Gasteiger charge is -2.32. The fourth-order valence-corrected chi connectivity index (χ4v) is 6.59. The maximum atomic E-state index is 14.2. The van der Waals surface area contributed by atoms with Gasteiger partial charge in [0.15, 0.2) is 0 Å². The highest BCUT2D eigenvalue weighted by Gasteiger charge is 2.27. The third kappa shape index (κ3) is 12.4. The number of alkyl carbamates (subject to hydrolysis) is 1. The second kappa shape index (κ2) is 18.5. The number of carbonyl (C=O) groups excluding carboxylic acids is 3. The van der Waals surface area contributed by atoms with Crippen molar-refractivity contribution in [3.05, 3.63) is 64.2 Å². The van der Waals surface area contributed by atoms with Gasteiger partial charge in [-0.3, -0.25) is 4.79 Å². The van der Waals surface area contributed by atoms with E-state index in [0.29, 0.717) is 49.4 Å². The highest BCUT2D eigenvalue weighted by atomic mass is 35.5. The molecule has 1 saturated heterocycles. The molecule has 270 valence electrons. The van der Waals surface area contributed by atoms with Crippen LogP contribution in [0.2, 0.25) is 5.02 Å². The van der Waals surface area contributed by atoms with Crippen LogP contribution < -0.4 is 15.5 Å². The zero-order chi connectivity index (χ0) is 35.4. The van der Waals surface area contributed by atoms with Crippen LogP contribution in [0.3, 0.4) is 0 Å². The summed E-state index contributed by atoms with van der Waals surface area (Å²) < 4.78 is 22.3. The molecular weight excluding hydrogens is 648 g/mol. The Labute approximate surface area is 295 Å². The lowest BCUT2D eigenvalue weighted by Crippen LogP contribution is -2.46. The van der Waals surface area contributed by atoms with Gasteiger partial charge in [-0.25, -0.2) is 9.59 Å². The second-order valence-electron chi connectivity index (χ2n) is 13.9. The molecule has 0 bridgehead atoms. The van der Waals surface area contributed by atoms with E-state index in [1.807, 2.05) is 57.2 Å². The second-order valence-corrected chi connectivity index (χ2v) is 14.3. The molecule has 0 spiro atoms. The lowest BCUT2D eigenvalue weighted by atomic mass is 9.84. The Morgan fingerprint density at radius 2 is 1.78 bits per heavy atom. The number of methoxy groups -OCH3 is 1. The topological polar surface area (TPSA) is 119 Å². The van der Waals surface area contributed by atoms with Crippen LogP contribution >= 0.6 is 11.6 Å². The summed E-state index contributed by atoms with van der Waals surface area (Å²) in [4.78, 5) is 42.6. The van der Waals surface area contributed by atoms with Gasteiger partial charge < -0.3 is 39.4 Å². The van der Waals surface area contributed by atoms with Crippen molar-refractivity contribution < 1.29 is 33.3 Å².